The maximum atomic E-state index is 12.0. The number of amides is 1. The highest BCUT2D eigenvalue weighted by Crippen LogP contribution is 2.29. The van der Waals surface area contributed by atoms with Gasteiger partial charge in [-0.2, -0.15) is 11.8 Å². The fraction of sp³-hybridized carbons (Fsp3) is 0.286. The molecule has 0 aliphatic heterocycles. The van der Waals surface area contributed by atoms with Crippen LogP contribution in [0.5, 0.6) is 0 Å². The van der Waals surface area contributed by atoms with E-state index in [2.05, 4.69) is 42.6 Å². The summed E-state index contributed by atoms with van der Waals surface area (Å²) in [6.45, 7) is 3.07. The fourth-order valence-electron chi connectivity index (χ4n) is 2.96. The van der Waals surface area contributed by atoms with Gasteiger partial charge < -0.3 is 10.1 Å². The molecule has 0 aromatic heterocycles. The van der Waals surface area contributed by atoms with Gasteiger partial charge in [0.1, 0.15) is 6.61 Å². The lowest BCUT2D eigenvalue weighted by atomic mass is 9.97. The van der Waals surface area contributed by atoms with Crippen LogP contribution in [0.2, 0.25) is 0 Å². The third-order valence-corrected chi connectivity index (χ3v) is 5.15. The van der Waals surface area contributed by atoms with Crippen LogP contribution in [-0.4, -0.2) is 24.1 Å². The molecule has 3 nitrogen and oxygen atoms in total. The molecule has 0 aliphatic rings. The number of rotatable bonds is 7. The van der Waals surface area contributed by atoms with Gasteiger partial charge in [-0.25, -0.2) is 4.79 Å². The second-order valence-corrected chi connectivity index (χ2v) is 7.24. The lowest BCUT2D eigenvalue weighted by Gasteiger charge is -2.12. The molecule has 0 spiro atoms. The molecule has 1 amide bonds. The second-order valence-electron chi connectivity index (χ2n) is 5.85. The third kappa shape index (κ3) is 4.45. The molecule has 0 saturated carbocycles. The molecule has 0 bridgehead atoms. The maximum Gasteiger partial charge on any atom is 0.407 e. The maximum absolute atomic E-state index is 12.0. The van der Waals surface area contributed by atoms with Gasteiger partial charge in [-0.3, -0.25) is 0 Å². The van der Waals surface area contributed by atoms with Gasteiger partial charge in [0, 0.05) is 12.1 Å². The van der Waals surface area contributed by atoms with Crippen molar-refractivity contribution in [3.63, 3.8) is 0 Å². The first-order valence-electron chi connectivity index (χ1n) is 8.67. The van der Waals surface area contributed by atoms with Crippen molar-refractivity contribution in [1.29, 1.82) is 0 Å². The number of benzene rings is 3. The topological polar surface area (TPSA) is 38.3 Å². The van der Waals surface area contributed by atoms with E-state index in [0.29, 0.717) is 6.54 Å². The summed E-state index contributed by atoms with van der Waals surface area (Å²) in [5.74, 6) is 2.17. The Morgan fingerprint density at radius 3 is 2.32 bits per heavy atom. The van der Waals surface area contributed by atoms with Crippen molar-refractivity contribution in [3.8, 4) is 0 Å². The zero-order chi connectivity index (χ0) is 17.5. The first kappa shape index (κ1) is 17.6. The van der Waals surface area contributed by atoms with Crippen LogP contribution in [0.15, 0.2) is 54.6 Å². The number of alkyl carbamates (subject to hydrolysis) is 1. The number of hydrogen-bond acceptors (Lipinski definition) is 3. The van der Waals surface area contributed by atoms with Crippen LogP contribution in [0.3, 0.4) is 0 Å². The first-order chi connectivity index (χ1) is 12.3. The van der Waals surface area contributed by atoms with E-state index in [1.165, 1.54) is 0 Å². The second kappa shape index (κ2) is 8.77. The average Bonchev–Trinajstić information content (AvgIpc) is 2.65. The normalized spacial score (nSPS) is 10.9. The molecule has 1 N–H and O–H groups in total. The Labute approximate surface area is 152 Å². The summed E-state index contributed by atoms with van der Waals surface area (Å²) >= 11 is 1.88. The molecule has 3 rings (SSSR count). The van der Waals surface area contributed by atoms with E-state index in [1.54, 1.807) is 0 Å². The molecule has 3 aromatic carbocycles. The van der Waals surface area contributed by atoms with Crippen LogP contribution in [0, 0.1) is 0 Å². The number of carbonyl (C=O) groups excluding carboxylic acids is 1. The Morgan fingerprint density at radius 2 is 1.68 bits per heavy atom. The van der Waals surface area contributed by atoms with E-state index in [1.807, 2.05) is 36.0 Å². The van der Waals surface area contributed by atoms with Crippen molar-refractivity contribution < 1.29 is 9.53 Å². The molecule has 130 valence electrons. The Morgan fingerprint density at radius 1 is 1.04 bits per heavy atom. The van der Waals surface area contributed by atoms with Crippen LogP contribution in [0.25, 0.3) is 21.5 Å². The van der Waals surface area contributed by atoms with E-state index < -0.39 is 0 Å². The summed E-state index contributed by atoms with van der Waals surface area (Å²) in [5, 5.41) is 7.43. The number of carbonyl (C=O) groups is 1. The predicted molar refractivity (Wildman–Crippen MR) is 107 cm³/mol. The largest absolute Gasteiger partial charge is 0.445 e. The van der Waals surface area contributed by atoms with Crippen LogP contribution in [0.1, 0.15) is 18.9 Å². The SMILES string of the molecule is CCSCCCNC(=O)OCc1c2ccccc2cc2ccccc12. The molecule has 0 unspecified atom stereocenters. The van der Waals surface area contributed by atoms with Gasteiger partial charge in [-0.15, -0.1) is 0 Å². The smallest absolute Gasteiger partial charge is 0.407 e. The van der Waals surface area contributed by atoms with Crippen molar-refractivity contribution in [2.24, 2.45) is 0 Å². The Bertz CT molecular complexity index is 809. The summed E-state index contributed by atoms with van der Waals surface area (Å²) in [5.41, 5.74) is 1.06. The van der Waals surface area contributed by atoms with Gasteiger partial charge in [0.15, 0.2) is 0 Å². The minimum absolute atomic E-state index is 0.275. The average molecular weight is 353 g/mol. The van der Waals surface area contributed by atoms with E-state index in [0.717, 1.165) is 45.0 Å². The first-order valence-corrected chi connectivity index (χ1v) is 9.83. The van der Waals surface area contributed by atoms with E-state index in [-0.39, 0.29) is 12.7 Å². The summed E-state index contributed by atoms with van der Waals surface area (Å²) in [7, 11) is 0. The fourth-order valence-corrected chi connectivity index (χ4v) is 3.60. The molecule has 4 heteroatoms. The van der Waals surface area contributed by atoms with E-state index in [4.69, 9.17) is 4.74 Å². The number of thioether (sulfide) groups is 1. The van der Waals surface area contributed by atoms with E-state index >= 15 is 0 Å². The van der Waals surface area contributed by atoms with Gasteiger partial charge in [0.2, 0.25) is 0 Å². The van der Waals surface area contributed by atoms with Crippen molar-refractivity contribution in [2.75, 3.05) is 18.1 Å². The lowest BCUT2D eigenvalue weighted by Crippen LogP contribution is -2.25. The molecule has 0 heterocycles. The van der Waals surface area contributed by atoms with Crippen molar-refractivity contribution in [1.82, 2.24) is 5.32 Å². The Kier molecular flexibility index (Phi) is 6.18. The molecule has 3 aromatic rings. The highest BCUT2D eigenvalue weighted by molar-refractivity contribution is 7.99. The van der Waals surface area contributed by atoms with Gasteiger partial charge in [-0.05, 0) is 45.5 Å². The Hall–Kier alpha value is -2.20. The van der Waals surface area contributed by atoms with Crippen molar-refractivity contribution >= 4 is 39.4 Å². The molecule has 0 saturated heterocycles. The predicted octanol–water partition coefficient (Wildman–Crippen LogP) is 5.36. The zero-order valence-electron chi connectivity index (χ0n) is 14.5. The number of fused-ring (bicyclic) bond motifs is 2. The molecular formula is C21H23NO2S. The summed E-state index contributed by atoms with van der Waals surface area (Å²) in [6.07, 6.45) is 0.615. The van der Waals surface area contributed by atoms with Gasteiger partial charge in [0.05, 0.1) is 0 Å². The molecular weight excluding hydrogens is 330 g/mol. The minimum Gasteiger partial charge on any atom is -0.445 e. The molecule has 0 atom stereocenters. The van der Waals surface area contributed by atoms with Crippen LogP contribution in [-0.2, 0) is 11.3 Å². The van der Waals surface area contributed by atoms with Crippen molar-refractivity contribution in [2.45, 2.75) is 20.0 Å². The quantitative estimate of drug-likeness (QED) is 0.459. The number of hydrogen-bond donors (Lipinski definition) is 1. The zero-order valence-corrected chi connectivity index (χ0v) is 15.3. The number of nitrogens with one attached hydrogen (secondary N) is 1. The van der Waals surface area contributed by atoms with Crippen LogP contribution >= 0.6 is 11.8 Å². The van der Waals surface area contributed by atoms with Gasteiger partial charge in [-0.1, -0.05) is 55.5 Å². The third-order valence-electron chi connectivity index (χ3n) is 4.17. The molecule has 0 fully saturated rings. The monoisotopic (exact) mass is 353 g/mol. The minimum atomic E-state index is -0.349. The van der Waals surface area contributed by atoms with E-state index in [9.17, 15) is 4.79 Å². The van der Waals surface area contributed by atoms with Crippen LogP contribution in [0.4, 0.5) is 4.79 Å². The van der Waals surface area contributed by atoms with Crippen LogP contribution < -0.4 is 5.32 Å². The molecule has 0 radical (unpaired) electrons. The highest BCUT2D eigenvalue weighted by Gasteiger charge is 2.10. The molecule has 0 aliphatic carbocycles. The summed E-state index contributed by atoms with van der Waals surface area (Å²) in [4.78, 5) is 12.0. The summed E-state index contributed by atoms with van der Waals surface area (Å²) < 4.78 is 5.49. The standard InChI is InChI=1S/C21H23NO2S/c1-2-25-13-7-12-22-21(23)24-15-20-18-10-5-3-8-16(18)14-17-9-4-6-11-19(17)20/h3-6,8-11,14H,2,7,12-13,15H2,1H3,(H,22,23). The molecule has 25 heavy (non-hydrogen) atoms. The number of ether oxygens (including phenoxy) is 1. The lowest BCUT2D eigenvalue weighted by molar-refractivity contribution is 0.140. The Balaban J connectivity index is 1.72. The summed E-state index contributed by atoms with van der Waals surface area (Å²) in [6, 6.07) is 18.6. The van der Waals surface area contributed by atoms with Crippen molar-refractivity contribution in [3.05, 3.63) is 60.2 Å². The van der Waals surface area contributed by atoms with Gasteiger partial charge in [0.25, 0.3) is 0 Å². The highest BCUT2D eigenvalue weighted by atomic mass is 32.2. The van der Waals surface area contributed by atoms with Gasteiger partial charge >= 0.3 is 6.09 Å².